The molecule has 1 aromatic heterocycles. The van der Waals surface area contributed by atoms with Gasteiger partial charge in [0, 0.05) is 10.3 Å². The molecule has 1 nitrogen and oxygen atoms in total. The lowest BCUT2D eigenvalue weighted by Crippen LogP contribution is -1.78. The number of rotatable bonds is 2. The predicted octanol–water partition coefficient (Wildman–Crippen LogP) is 3.74. The van der Waals surface area contributed by atoms with E-state index >= 15 is 0 Å². The van der Waals surface area contributed by atoms with E-state index in [0.717, 1.165) is 11.8 Å². The summed E-state index contributed by atoms with van der Waals surface area (Å²) >= 11 is 3.55. The van der Waals surface area contributed by atoms with E-state index in [9.17, 15) is 4.79 Å². The van der Waals surface area contributed by atoms with Gasteiger partial charge in [-0.1, -0.05) is 6.07 Å². The third-order valence-corrected chi connectivity index (χ3v) is 4.73. The Balaban J connectivity index is 2.73. The fourth-order valence-electron chi connectivity index (χ4n) is 1.48. The molecule has 0 saturated heterocycles. The van der Waals surface area contributed by atoms with Crippen molar-refractivity contribution in [2.75, 3.05) is 6.26 Å². The van der Waals surface area contributed by atoms with Crippen molar-refractivity contribution in [3.8, 4) is 0 Å². The van der Waals surface area contributed by atoms with Crippen LogP contribution in [0.25, 0.3) is 10.1 Å². The van der Waals surface area contributed by atoms with Gasteiger partial charge >= 0.3 is 0 Å². The molecule has 0 aliphatic heterocycles. The first-order valence-corrected chi connectivity index (χ1v) is 6.32. The molecule has 72 valence electrons. The van der Waals surface area contributed by atoms with Crippen LogP contribution in [0.5, 0.6) is 0 Å². The summed E-state index contributed by atoms with van der Waals surface area (Å²) in [6.07, 6.45) is 2.98. The maximum atomic E-state index is 10.6. The third-order valence-electron chi connectivity index (χ3n) is 2.24. The molecule has 0 fully saturated rings. The van der Waals surface area contributed by atoms with Gasteiger partial charge in [-0.05, 0) is 36.3 Å². The van der Waals surface area contributed by atoms with Gasteiger partial charge in [-0.2, -0.15) is 0 Å². The summed E-state index contributed by atoms with van der Waals surface area (Å²) in [5, 5.41) is 1.21. The topological polar surface area (TPSA) is 17.1 Å². The molecule has 0 spiro atoms. The van der Waals surface area contributed by atoms with Crippen LogP contribution >= 0.6 is 23.1 Å². The number of carbonyl (C=O) groups excluding carboxylic acids is 1. The lowest BCUT2D eigenvalue weighted by atomic mass is 10.1. The Morgan fingerprint density at radius 1 is 1.43 bits per heavy atom. The van der Waals surface area contributed by atoms with E-state index in [2.05, 4.69) is 13.2 Å². The van der Waals surface area contributed by atoms with Crippen LogP contribution in [-0.4, -0.2) is 12.5 Å². The average Bonchev–Trinajstić information content (AvgIpc) is 2.55. The summed E-state index contributed by atoms with van der Waals surface area (Å²) in [4.78, 5) is 10.6. The molecule has 0 saturated carbocycles. The highest BCUT2D eigenvalue weighted by molar-refractivity contribution is 8.00. The second-order valence-corrected chi connectivity index (χ2v) is 5.22. The van der Waals surface area contributed by atoms with Gasteiger partial charge in [-0.3, -0.25) is 4.79 Å². The maximum absolute atomic E-state index is 10.6. The Bertz CT molecular complexity index is 485. The molecule has 0 aliphatic carbocycles. The number of hydrogen-bond donors (Lipinski definition) is 0. The largest absolute Gasteiger partial charge is 0.298 e. The van der Waals surface area contributed by atoms with Gasteiger partial charge in [0.15, 0.2) is 0 Å². The molecule has 0 aliphatic rings. The Labute approximate surface area is 91.1 Å². The second kappa shape index (κ2) is 3.75. The minimum atomic E-state index is 0.756. The van der Waals surface area contributed by atoms with Gasteiger partial charge in [-0.25, -0.2) is 0 Å². The van der Waals surface area contributed by atoms with Crippen LogP contribution in [-0.2, 0) is 0 Å². The quantitative estimate of drug-likeness (QED) is 0.568. The molecule has 0 unspecified atom stereocenters. The van der Waals surface area contributed by atoms with Gasteiger partial charge in [0.05, 0.1) is 4.21 Å². The van der Waals surface area contributed by atoms with E-state index < -0.39 is 0 Å². The van der Waals surface area contributed by atoms with Crippen molar-refractivity contribution in [1.29, 1.82) is 0 Å². The van der Waals surface area contributed by atoms with Crippen molar-refractivity contribution < 1.29 is 4.79 Å². The molecule has 0 atom stereocenters. The average molecular weight is 222 g/mol. The second-order valence-electron chi connectivity index (χ2n) is 3.09. The smallest absolute Gasteiger partial charge is 0.150 e. The molecule has 1 heterocycles. The molecule has 3 heteroatoms. The molecule has 14 heavy (non-hydrogen) atoms. The first kappa shape index (κ1) is 9.74. The van der Waals surface area contributed by atoms with Crippen molar-refractivity contribution in [2.45, 2.75) is 11.1 Å². The van der Waals surface area contributed by atoms with Crippen molar-refractivity contribution >= 4 is 39.5 Å². The van der Waals surface area contributed by atoms with Crippen molar-refractivity contribution in [2.24, 2.45) is 0 Å². The summed E-state index contributed by atoms with van der Waals surface area (Å²) in [5.74, 6) is 0. The highest BCUT2D eigenvalue weighted by Gasteiger charge is 2.07. The number of fused-ring (bicyclic) bond motifs is 1. The molecule has 0 bridgehead atoms. The first-order valence-electron chi connectivity index (χ1n) is 4.28. The SMILES string of the molecule is CSc1sc2ccc(C=O)cc2c1C. The predicted molar refractivity (Wildman–Crippen MR) is 63.7 cm³/mol. The minimum absolute atomic E-state index is 0.756. The molecule has 2 aromatic rings. The lowest BCUT2D eigenvalue weighted by Gasteiger charge is -1.93. The summed E-state index contributed by atoms with van der Waals surface area (Å²) in [5.41, 5.74) is 2.05. The van der Waals surface area contributed by atoms with Crippen LogP contribution in [0.1, 0.15) is 15.9 Å². The monoisotopic (exact) mass is 222 g/mol. The van der Waals surface area contributed by atoms with Crippen molar-refractivity contribution in [3.05, 3.63) is 29.3 Å². The molecule has 0 radical (unpaired) electrons. The van der Waals surface area contributed by atoms with Gasteiger partial charge in [0.1, 0.15) is 6.29 Å². The molecule has 1 aromatic carbocycles. The van der Waals surface area contributed by atoms with E-state index in [1.165, 1.54) is 19.9 Å². The standard InChI is InChI=1S/C11H10OS2/c1-7-9-5-8(6-12)3-4-10(9)14-11(7)13-2/h3-6H,1-2H3. The van der Waals surface area contributed by atoms with E-state index in [4.69, 9.17) is 0 Å². The van der Waals surface area contributed by atoms with Crippen molar-refractivity contribution in [1.82, 2.24) is 0 Å². The zero-order valence-corrected chi connectivity index (χ0v) is 9.67. The Hall–Kier alpha value is -0.800. The molecule has 0 N–H and O–H groups in total. The number of carbonyl (C=O) groups is 1. The molecule has 2 rings (SSSR count). The first-order chi connectivity index (χ1) is 6.76. The van der Waals surface area contributed by atoms with Gasteiger partial charge < -0.3 is 0 Å². The van der Waals surface area contributed by atoms with Crippen LogP contribution in [0.4, 0.5) is 0 Å². The number of aldehydes is 1. The Morgan fingerprint density at radius 3 is 2.86 bits per heavy atom. The van der Waals surface area contributed by atoms with E-state index in [1.807, 2.05) is 18.2 Å². The zero-order valence-electron chi connectivity index (χ0n) is 8.03. The minimum Gasteiger partial charge on any atom is -0.298 e. The van der Waals surface area contributed by atoms with E-state index in [-0.39, 0.29) is 0 Å². The zero-order chi connectivity index (χ0) is 10.1. The van der Waals surface area contributed by atoms with E-state index in [0.29, 0.717) is 0 Å². The number of hydrogen-bond acceptors (Lipinski definition) is 3. The third kappa shape index (κ3) is 1.47. The number of aryl methyl sites for hydroxylation is 1. The van der Waals surface area contributed by atoms with Crippen LogP contribution in [0.2, 0.25) is 0 Å². The summed E-state index contributed by atoms with van der Waals surface area (Å²) in [6, 6.07) is 5.86. The van der Waals surface area contributed by atoms with Crippen LogP contribution in [0.3, 0.4) is 0 Å². The molecular weight excluding hydrogens is 212 g/mol. The normalized spacial score (nSPS) is 10.7. The maximum Gasteiger partial charge on any atom is 0.150 e. The fourth-order valence-corrected chi connectivity index (χ4v) is 3.42. The van der Waals surface area contributed by atoms with Crippen LogP contribution < -0.4 is 0 Å². The van der Waals surface area contributed by atoms with Gasteiger partial charge in [-0.15, -0.1) is 23.1 Å². The number of thioether (sulfide) groups is 1. The highest BCUT2D eigenvalue weighted by atomic mass is 32.2. The van der Waals surface area contributed by atoms with Gasteiger partial charge in [0.25, 0.3) is 0 Å². The Morgan fingerprint density at radius 2 is 2.21 bits per heavy atom. The highest BCUT2D eigenvalue weighted by Crippen LogP contribution is 2.36. The Kier molecular flexibility index (Phi) is 2.61. The molecular formula is C11H10OS2. The number of benzene rings is 1. The van der Waals surface area contributed by atoms with Gasteiger partial charge in [0.2, 0.25) is 0 Å². The summed E-state index contributed by atoms with van der Waals surface area (Å²) < 4.78 is 2.60. The molecule has 0 amide bonds. The number of thiophene rings is 1. The lowest BCUT2D eigenvalue weighted by molar-refractivity contribution is 0.112. The van der Waals surface area contributed by atoms with E-state index in [1.54, 1.807) is 23.1 Å². The summed E-state index contributed by atoms with van der Waals surface area (Å²) in [7, 11) is 0. The fraction of sp³-hybridized carbons (Fsp3) is 0.182. The van der Waals surface area contributed by atoms with Crippen LogP contribution in [0, 0.1) is 6.92 Å². The van der Waals surface area contributed by atoms with Crippen LogP contribution in [0.15, 0.2) is 22.4 Å². The summed E-state index contributed by atoms with van der Waals surface area (Å²) in [6.45, 7) is 2.11. The van der Waals surface area contributed by atoms with Crippen molar-refractivity contribution in [3.63, 3.8) is 0 Å².